The third-order valence-electron chi connectivity index (χ3n) is 0.466. The van der Waals surface area contributed by atoms with Gasteiger partial charge in [-0.3, -0.25) is 5.11 Å². The Balaban J connectivity index is 3.91. The van der Waals surface area contributed by atoms with Crippen molar-refractivity contribution in [2.24, 2.45) is 0 Å². The fourth-order valence-electron chi connectivity index (χ4n) is 0.0546. The van der Waals surface area contributed by atoms with Crippen molar-refractivity contribution in [3.05, 3.63) is 0 Å². The van der Waals surface area contributed by atoms with Gasteiger partial charge in [0.25, 0.3) is 5.05 Å². The normalized spacial score (nSPS) is 11.4. The van der Waals surface area contributed by atoms with E-state index < -0.39 is 17.6 Å². The van der Waals surface area contributed by atoms with Gasteiger partial charge in [-0.2, -0.15) is 8.78 Å². The Morgan fingerprint density at radius 1 is 1.62 bits per heavy atom. The second-order valence-electron chi connectivity index (χ2n) is 1.13. The van der Waals surface area contributed by atoms with Crippen LogP contribution < -0.4 is 0 Å². The molecule has 0 aliphatic carbocycles. The van der Waals surface area contributed by atoms with Crippen LogP contribution in [0, 0.1) is 0 Å². The molecule has 0 saturated carbocycles. The highest BCUT2D eigenvalue weighted by molar-refractivity contribution is 7.80. The van der Waals surface area contributed by atoms with Gasteiger partial charge < -0.3 is 0 Å². The van der Waals surface area contributed by atoms with Crippen LogP contribution in [0.1, 0.15) is 0 Å². The molecular formula is C3H2F3OS. The van der Waals surface area contributed by atoms with Crippen molar-refractivity contribution in [3.63, 3.8) is 0 Å². The number of alkyl halides is 3. The summed E-state index contributed by atoms with van der Waals surface area (Å²) in [4.78, 5) is 0. The van der Waals surface area contributed by atoms with Crippen LogP contribution in [-0.4, -0.2) is 17.6 Å². The van der Waals surface area contributed by atoms with E-state index in [2.05, 4.69) is 12.2 Å². The van der Waals surface area contributed by atoms with Crippen molar-refractivity contribution in [2.45, 2.75) is 5.92 Å². The zero-order chi connectivity index (χ0) is 6.78. The predicted octanol–water partition coefficient (Wildman–Crippen LogP) is 1.35. The first kappa shape index (κ1) is 7.68. The fraction of sp³-hybridized carbons (Fsp3) is 0.667. The Bertz CT molecular complexity index is 103. The van der Waals surface area contributed by atoms with Crippen molar-refractivity contribution in [3.8, 4) is 0 Å². The monoisotopic (exact) mass is 143 g/mol. The van der Waals surface area contributed by atoms with E-state index in [9.17, 15) is 18.3 Å². The van der Waals surface area contributed by atoms with Gasteiger partial charge in [-0.15, -0.1) is 0 Å². The summed E-state index contributed by atoms with van der Waals surface area (Å²) in [5.41, 5.74) is 0. The second-order valence-corrected chi connectivity index (χ2v) is 1.50. The minimum Gasteiger partial charge on any atom is -0.275 e. The molecule has 0 spiro atoms. The van der Waals surface area contributed by atoms with Crippen LogP contribution >= 0.6 is 12.2 Å². The molecule has 0 aromatic rings. The molecule has 0 atom stereocenters. The Hall–Kier alpha value is -0.320. The minimum atomic E-state index is -3.95. The fourth-order valence-corrected chi connectivity index (χ4v) is 0.109. The highest BCUT2D eigenvalue weighted by Gasteiger charge is 2.36. The molecule has 0 rings (SSSR count). The molecule has 47 valence electrons. The van der Waals surface area contributed by atoms with E-state index in [1.165, 1.54) is 0 Å². The lowest BCUT2D eigenvalue weighted by atomic mass is 10.4. The van der Waals surface area contributed by atoms with E-state index in [-0.39, 0.29) is 0 Å². The molecule has 8 heavy (non-hydrogen) atoms. The van der Waals surface area contributed by atoms with Crippen molar-refractivity contribution in [1.29, 1.82) is 0 Å². The molecule has 0 saturated heterocycles. The number of thiocarbonyl (C=S) groups is 1. The van der Waals surface area contributed by atoms with Gasteiger partial charge in [0.2, 0.25) is 0 Å². The van der Waals surface area contributed by atoms with E-state index in [0.717, 1.165) is 0 Å². The van der Waals surface area contributed by atoms with Crippen LogP contribution in [0.5, 0.6) is 0 Å². The maximum absolute atomic E-state index is 11.4. The minimum absolute atomic E-state index is 1.85. The van der Waals surface area contributed by atoms with Gasteiger partial charge in [-0.25, -0.2) is 4.39 Å². The lowest BCUT2D eigenvalue weighted by Crippen LogP contribution is -2.27. The molecule has 1 radical (unpaired) electrons. The molecular weight excluding hydrogens is 141 g/mol. The second kappa shape index (κ2) is 2.30. The predicted molar refractivity (Wildman–Crippen MR) is 24.2 cm³/mol. The summed E-state index contributed by atoms with van der Waals surface area (Å²) in [5.74, 6) is -3.95. The first-order chi connectivity index (χ1) is 3.50. The van der Waals surface area contributed by atoms with Gasteiger partial charge in [-0.1, -0.05) is 0 Å². The SMILES string of the molecule is [O]C(=S)C(F)(F)CF. The Morgan fingerprint density at radius 2 is 2.00 bits per heavy atom. The highest BCUT2D eigenvalue weighted by atomic mass is 32.1. The summed E-state index contributed by atoms with van der Waals surface area (Å²) in [7, 11) is 0. The van der Waals surface area contributed by atoms with Gasteiger partial charge in [-0.05, 0) is 12.2 Å². The lowest BCUT2D eigenvalue weighted by molar-refractivity contribution is 0.0291. The number of halogens is 3. The number of rotatable bonds is 2. The molecule has 0 N–H and O–H groups in total. The zero-order valence-electron chi connectivity index (χ0n) is 3.66. The van der Waals surface area contributed by atoms with Crippen molar-refractivity contribution < 1.29 is 18.3 Å². The van der Waals surface area contributed by atoms with Gasteiger partial charge in [0.1, 0.15) is 0 Å². The van der Waals surface area contributed by atoms with Gasteiger partial charge in [0.15, 0.2) is 6.67 Å². The summed E-state index contributed by atoms with van der Waals surface area (Å²) >= 11 is 3.49. The maximum atomic E-state index is 11.4. The van der Waals surface area contributed by atoms with Gasteiger partial charge >= 0.3 is 5.92 Å². The average molecular weight is 143 g/mol. The molecule has 0 aromatic carbocycles. The maximum Gasteiger partial charge on any atom is 0.347 e. The zero-order valence-corrected chi connectivity index (χ0v) is 4.47. The van der Waals surface area contributed by atoms with E-state index in [0.29, 0.717) is 0 Å². The van der Waals surface area contributed by atoms with Gasteiger partial charge in [0, 0.05) is 0 Å². The number of hydrogen-bond acceptors (Lipinski definition) is 1. The van der Waals surface area contributed by atoms with Crippen molar-refractivity contribution in [1.82, 2.24) is 0 Å². The molecule has 5 heteroatoms. The largest absolute Gasteiger partial charge is 0.347 e. The molecule has 0 aliphatic heterocycles. The van der Waals surface area contributed by atoms with Crippen molar-refractivity contribution in [2.75, 3.05) is 6.67 Å². The number of hydrogen-bond donors (Lipinski definition) is 0. The molecule has 0 aromatic heterocycles. The third kappa shape index (κ3) is 1.65. The van der Waals surface area contributed by atoms with E-state index in [4.69, 9.17) is 0 Å². The molecule has 0 amide bonds. The molecule has 0 fully saturated rings. The Kier molecular flexibility index (Phi) is 2.21. The Morgan fingerprint density at radius 3 is 2.00 bits per heavy atom. The van der Waals surface area contributed by atoms with Gasteiger partial charge in [0.05, 0.1) is 0 Å². The summed E-state index contributed by atoms with van der Waals surface area (Å²) < 4.78 is 33.9. The summed E-state index contributed by atoms with van der Waals surface area (Å²) in [6.07, 6.45) is 0. The Labute approximate surface area is 49.1 Å². The first-order valence-corrected chi connectivity index (χ1v) is 2.07. The van der Waals surface area contributed by atoms with Crippen LogP contribution in [-0.2, 0) is 5.11 Å². The summed E-state index contributed by atoms with van der Waals surface area (Å²) in [6.45, 7) is -2.00. The quantitative estimate of drug-likeness (QED) is 0.534. The molecule has 0 aliphatic rings. The third-order valence-corrected chi connectivity index (χ3v) is 0.765. The molecule has 1 nitrogen and oxygen atoms in total. The van der Waals surface area contributed by atoms with Crippen LogP contribution in [0.25, 0.3) is 0 Å². The van der Waals surface area contributed by atoms with E-state index in [1.807, 2.05) is 0 Å². The first-order valence-electron chi connectivity index (χ1n) is 1.66. The molecule has 0 unspecified atom stereocenters. The van der Waals surface area contributed by atoms with Crippen molar-refractivity contribution >= 4 is 17.3 Å². The standard InChI is InChI=1S/C3H2F3OS/c4-1-3(5,6)2(7)8/h1H2. The topological polar surface area (TPSA) is 19.9 Å². The molecule has 0 bridgehead atoms. The van der Waals surface area contributed by atoms with E-state index in [1.54, 1.807) is 0 Å². The van der Waals surface area contributed by atoms with Crippen LogP contribution in [0.15, 0.2) is 0 Å². The van der Waals surface area contributed by atoms with Crippen LogP contribution in [0.4, 0.5) is 13.2 Å². The smallest absolute Gasteiger partial charge is 0.275 e. The van der Waals surface area contributed by atoms with E-state index >= 15 is 0 Å². The van der Waals surface area contributed by atoms with Crippen LogP contribution in [0.2, 0.25) is 0 Å². The van der Waals surface area contributed by atoms with Crippen LogP contribution in [0.3, 0.4) is 0 Å². The molecule has 0 heterocycles. The summed E-state index contributed by atoms with van der Waals surface area (Å²) in [5, 5.41) is 7.67. The lowest BCUT2D eigenvalue weighted by Gasteiger charge is -2.03. The average Bonchev–Trinajstić information content (AvgIpc) is 1.67. The highest BCUT2D eigenvalue weighted by Crippen LogP contribution is 2.14. The summed E-state index contributed by atoms with van der Waals surface area (Å²) in [6, 6.07) is 0.